The molecule has 1 atom stereocenters. The highest BCUT2D eigenvalue weighted by Crippen LogP contribution is 2.23. The summed E-state index contributed by atoms with van der Waals surface area (Å²) >= 11 is 0. The Balaban J connectivity index is 2.09. The minimum absolute atomic E-state index is 0.0386. The summed E-state index contributed by atoms with van der Waals surface area (Å²) in [4.78, 5) is 11.6. The third kappa shape index (κ3) is 2.91. The number of carbonyl (C=O) groups excluding carboxylic acids is 1. The Morgan fingerprint density at radius 3 is 2.71 bits per heavy atom. The van der Waals surface area contributed by atoms with E-state index in [1.165, 1.54) is 24.3 Å². The van der Waals surface area contributed by atoms with Crippen LogP contribution in [0.4, 0.5) is 8.78 Å². The van der Waals surface area contributed by atoms with E-state index in [0.29, 0.717) is 13.0 Å². The molecule has 1 aliphatic rings. The summed E-state index contributed by atoms with van der Waals surface area (Å²) in [6.07, 6.45) is 0.0333. The van der Waals surface area contributed by atoms with Gasteiger partial charge in [-0.2, -0.15) is 8.78 Å². The number of hydrogen-bond acceptors (Lipinski definition) is 4. The van der Waals surface area contributed by atoms with E-state index < -0.39 is 18.9 Å². The molecule has 2 rings (SSSR count). The fourth-order valence-electron chi connectivity index (χ4n) is 1.32. The van der Waals surface area contributed by atoms with Crippen molar-refractivity contribution >= 4 is 5.97 Å². The first-order valence-electron chi connectivity index (χ1n) is 5.03. The monoisotopic (exact) mass is 244 g/mol. The van der Waals surface area contributed by atoms with E-state index in [1.54, 1.807) is 0 Å². The Labute approximate surface area is 96.1 Å². The van der Waals surface area contributed by atoms with Gasteiger partial charge in [0.15, 0.2) is 0 Å². The molecule has 92 valence electrons. The zero-order valence-electron chi connectivity index (χ0n) is 8.77. The maximum absolute atomic E-state index is 12.1. The van der Waals surface area contributed by atoms with Crippen molar-refractivity contribution in [1.82, 2.24) is 0 Å². The molecule has 0 N–H and O–H groups in total. The molecule has 1 aromatic rings. The lowest BCUT2D eigenvalue weighted by Gasteiger charge is -2.25. The van der Waals surface area contributed by atoms with Gasteiger partial charge in [0.05, 0.1) is 6.61 Å². The molecule has 6 heteroatoms. The van der Waals surface area contributed by atoms with E-state index in [1.807, 2.05) is 0 Å². The Kier molecular flexibility index (Phi) is 3.53. The average molecular weight is 244 g/mol. The second-order valence-electron chi connectivity index (χ2n) is 3.37. The highest BCUT2D eigenvalue weighted by Gasteiger charge is 2.25. The van der Waals surface area contributed by atoms with Gasteiger partial charge in [0.1, 0.15) is 11.3 Å². The summed E-state index contributed by atoms with van der Waals surface area (Å²) in [5.74, 6) is -0.933. The Morgan fingerprint density at radius 1 is 1.41 bits per heavy atom. The smallest absolute Gasteiger partial charge is 0.387 e. The van der Waals surface area contributed by atoms with E-state index in [-0.39, 0.29) is 11.3 Å². The first-order valence-corrected chi connectivity index (χ1v) is 5.03. The second-order valence-corrected chi connectivity index (χ2v) is 3.37. The summed E-state index contributed by atoms with van der Waals surface area (Å²) in [7, 11) is 0. The van der Waals surface area contributed by atoms with E-state index in [9.17, 15) is 13.6 Å². The molecule has 1 saturated heterocycles. The molecule has 0 aromatic heterocycles. The molecule has 0 spiro atoms. The van der Waals surface area contributed by atoms with Gasteiger partial charge >= 0.3 is 12.6 Å². The van der Waals surface area contributed by atoms with Crippen molar-refractivity contribution in [2.24, 2.45) is 0 Å². The standard InChI is InChI=1S/C11H10F2O4/c12-11(13)16-8-4-2-1-3-7(8)10(14)17-9-5-6-15-9/h1-4,9,11H,5-6H2. The predicted octanol–water partition coefficient (Wildman–Crippen LogP) is 2.19. The number of alkyl halides is 2. The number of para-hydroxylation sites is 1. The van der Waals surface area contributed by atoms with Crippen molar-refractivity contribution in [3.63, 3.8) is 0 Å². The van der Waals surface area contributed by atoms with Gasteiger partial charge < -0.3 is 14.2 Å². The predicted molar refractivity (Wildman–Crippen MR) is 52.8 cm³/mol. The molecule has 1 unspecified atom stereocenters. The van der Waals surface area contributed by atoms with Crippen molar-refractivity contribution in [1.29, 1.82) is 0 Å². The largest absolute Gasteiger partial charge is 0.434 e. The van der Waals surface area contributed by atoms with Crippen molar-refractivity contribution in [3.8, 4) is 5.75 Å². The lowest BCUT2D eigenvalue weighted by atomic mass is 10.2. The van der Waals surface area contributed by atoms with Crippen molar-refractivity contribution in [2.45, 2.75) is 19.3 Å². The first kappa shape index (κ1) is 11.8. The normalized spacial score (nSPS) is 18.6. The third-order valence-electron chi connectivity index (χ3n) is 2.22. The summed E-state index contributed by atoms with van der Waals surface area (Å²) in [6, 6.07) is 5.67. The van der Waals surface area contributed by atoms with Crippen molar-refractivity contribution < 1.29 is 27.8 Å². The number of benzene rings is 1. The highest BCUT2D eigenvalue weighted by molar-refractivity contribution is 5.92. The SMILES string of the molecule is O=C(OC1CCO1)c1ccccc1OC(F)F. The van der Waals surface area contributed by atoms with Gasteiger partial charge in [-0.05, 0) is 12.1 Å². The van der Waals surface area contributed by atoms with Gasteiger partial charge in [0, 0.05) is 6.42 Å². The van der Waals surface area contributed by atoms with E-state index in [2.05, 4.69) is 4.74 Å². The lowest BCUT2D eigenvalue weighted by molar-refractivity contribution is -0.184. The van der Waals surface area contributed by atoms with Gasteiger partial charge in [-0.25, -0.2) is 4.79 Å². The molecule has 17 heavy (non-hydrogen) atoms. The van der Waals surface area contributed by atoms with Crippen LogP contribution in [0.1, 0.15) is 16.8 Å². The van der Waals surface area contributed by atoms with E-state index >= 15 is 0 Å². The van der Waals surface area contributed by atoms with E-state index in [0.717, 1.165) is 0 Å². The van der Waals surface area contributed by atoms with Crippen molar-refractivity contribution in [2.75, 3.05) is 6.61 Å². The minimum atomic E-state index is -2.98. The number of carbonyl (C=O) groups is 1. The van der Waals surface area contributed by atoms with Gasteiger partial charge in [0.2, 0.25) is 6.29 Å². The highest BCUT2D eigenvalue weighted by atomic mass is 19.3. The molecular weight excluding hydrogens is 234 g/mol. The van der Waals surface area contributed by atoms with Gasteiger partial charge in [-0.3, -0.25) is 0 Å². The molecule has 0 amide bonds. The van der Waals surface area contributed by atoms with Crippen LogP contribution >= 0.6 is 0 Å². The van der Waals surface area contributed by atoms with Gasteiger partial charge in [-0.15, -0.1) is 0 Å². The Bertz CT molecular complexity index is 404. The summed E-state index contributed by atoms with van der Waals surface area (Å²) in [5, 5.41) is 0. The van der Waals surface area contributed by atoms with Crippen LogP contribution in [0.15, 0.2) is 24.3 Å². The molecule has 0 saturated carbocycles. The lowest BCUT2D eigenvalue weighted by Crippen LogP contribution is -2.32. The number of ether oxygens (including phenoxy) is 3. The molecular formula is C11H10F2O4. The molecule has 0 radical (unpaired) electrons. The fraction of sp³-hybridized carbons (Fsp3) is 0.364. The van der Waals surface area contributed by atoms with Crippen LogP contribution in [-0.2, 0) is 9.47 Å². The average Bonchev–Trinajstić information content (AvgIpc) is 2.23. The second kappa shape index (κ2) is 5.09. The topological polar surface area (TPSA) is 44.8 Å². The molecule has 1 fully saturated rings. The van der Waals surface area contributed by atoms with Crippen LogP contribution in [0.25, 0.3) is 0 Å². The van der Waals surface area contributed by atoms with Crippen LogP contribution in [-0.4, -0.2) is 25.5 Å². The number of esters is 1. The third-order valence-corrected chi connectivity index (χ3v) is 2.22. The summed E-state index contributed by atoms with van der Waals surface area (Å²) < 4.78 is 38.3. The zero-order chi connectivity index (χ0) is 12.3. The van der Waals surface area contributed by atoms with Crippen LogP contribution in [0.5, 0.6) is 5.75 Å². The number of hydrogen-bond donors (Lipinski definition) is 0. The van der Waals surface area contributed by atoms with Crippen molar-refractivity contribution in [3.05, 3.63) is 29.8 Å². The number of halogens is 2. The minimum Gasteiger partial charge on any atom is -0.434 e. The summed E-state index contributed by atoms with van der Waals surface area (Å²) in [6.45, 7) is -2.45. The van der Waals surface area contributed by atoms with Gasteiger partial charge in [-0.1, -0.05) is 12.1 Å². The molecule has 1 aliphatic heterocycles. The molecule has 0 aliphatic carbocycles. The molecule has 4 nitrogen and oxygen atoms in total. The number of rotatable bonds is 4. The molecule has 0 bridgehead atoms. The molecule has 1 heterocycles. The van der Waals surface area contributed by atoms with Crippen LogP contribution in [0, 0.1) is 0 Å². The first-order chi connectivity index (χ1) is 8.16. The maximum Gasteiger partial charge on any atom is 0.387 e. The van der Waals surface area contributed by atoms with Crippen LogP contribution in [0.3, 0.4) is 0 Å². The summed E-state index contributed by atoms with van der Waals surface area (Å²) in [5.41, 5.74) is -0.0386. The Morgan fingerprint density at radius 2 is 2.12 bits per heavy atom. The maximum atomic E-state index is 12.1. The molecule has 1 aromatic carbocycles. The van der Waals surface area contributed by atoms with E-state index in [4.69, 9.17) is 9.47 Å². The quantitative estimate of drug-likeness (QED) is 0.761. The fourth-order valence-corrected chi connectivity index (χ4v) is 1.32. The van der Waals surface area contributed by atoms with Crippen LogP contribution in [0.2, 0.25) is 0 Å². The van der Waals surface area contributed by atoms with Crippen LogP contribution < -0.4 is 4.74 Å². The zero-order valence-corrected chi connectivity index (χ0v) is 8.77. The van der Waals surface area contributed by atoms with Gasteiger partial charge in [0.25, 0.3) is 0 Å². The Hall–Kier alpha value is -1.69.